The fourth-order valence-electron chi connectivity index (χ4n) is 2.62. The monoisotopic (exact) mass is 314 g/mol. The molecule has 0 spiro atoms. The number of halogens is 1. The van der Waals surface area contributed by atoms with Crippen molar-refractivity contribution in [1.29, 1.82) is 0 Å². The number of nitrogens with zero attached hydrogens (tertiary/aromatic N) is 1. The van der Waals surface area contributed by atoms with Gasteiger partial charge in [0.15, 0.2) is 0 Å². The Balaban J connectivity index is 1.82. The molecule has 22 heavy (non-hydrogen) atoms. The second-order valence-corrected chi connectivity index (χ2v) is 5.53. The summed E-state index contributed by atoms with van der Waals surface area (Å²) in [5.41, 5.74) is 1.30. The number of hydrogen-bond donors (Lipinski definition) is 1. The minimum atomic E-state index is -0.508. The number of carbonyl (C=O) groups is 2. The normalized spacial score (nSPS) is 17.6. The molecule has 1 fully saturated rings. The molecule has 4 nitrogen and oxygen atoms in total. The van der Waals surface area contributed by atoms with Crippen LogP contribution in [-0.4, -0.2) is 17.9 Å². The third-order valence-corrected chi connectivity index (χ3v) is 4.01. The van der Waals surface area contributed by atoms with Crippen molar-refractivity contribution in [3.8, 4) is 0 Å². The average Bonchev–Trinajstić information content (AvgIpc) is 2.92. The molecule has 1 aliphatic rings. The largest absolute Gasteiger partial charge is 0.323 e. The molecular weight excluding hydrogens is 300 g/mol. The fraction of sp³-hybridized carbons (Fsp3) is 0.176. The lowest BCUT2D eigenvalue weighted by Gasteiger charge is -2.24. The lowest BCUT2D eigenvalue weighted by atomic mass is 10.2. The minimum absolute atomic E-state index is 0.0366. The Kier molecular flexibility index (Phi) is 4.11. The summed E-state index contributed by atoms with van der Waals surface area (Å²) in [4.78, 5) is 26.2. The van der Waals surface area contributed by atoms with Gasteiger partial charge in [-0.3, -0.25) is 14.5 Å². The molecule has 2 amide bonds. The number of benzene rings is 2. The van der Waals surface area contributed by atoms with Crippen LogP contribution >= 0.6 is 11.6 Å². The summed E-state index contributed by atoms with van der Waals surface area (Å²) >= 11 is 6.06. The number of hydrogen-bond acceptors (Lipinski definition) is 2. The van der Waals surface area contributed by atoms with Gasteiger partial charge in [0, 0.05) is 12.1 Å². The third kappa shape index (κ3) is 2.83. The van der Waals surface area contributed by atoms with E-state index in [1.54, 1.807) is 29.2 Å². The Labute approximate surface area is 133 Å². The highest BCUT2D eigenvalue weighted by Gasteiger charge is 2.37. The van der Waals surface area contributed by atoms with E-state index < -0.39 is 6.04 Å². The Morgan fingerprint density at radius 1 is 1.09 bits per heavy atom. The first-order valence-electron chi connectivity index (χ1n) is 7.09. The first kappa shape index (κ1) is 14.6. The van der Waals surface area contributed by atoms with E-state index in [0.717, 1.165) is 5.69 Å². The number of anilines is 2. The summed E-state index contributed by atoms with van der Waals surface area (Å²) in [6.45, 7) is 0. The first-order chi connectivity index (χ1) is 10.7. The van der Waals surface area contributed by atoms with Crippen LogP contribution in [0.15, 0.2) is 54.6 Å². The predicted molar refractivity (Wildman–Crippen MR) is 87.0 cm³/mol. The van der Waals surface area contributed by atoms with Gasteiger partial charge in [-0.05, 0) is 30.7 Å². The van der Waals surface area contributed by atoms with Gasteiger partial charge >= 0.3 is 0 Å². The average molecular weight is 315 g/mol. The summed E-state index contributed by atoms with van der Waals surface area (Å²) < 4.78 is 0. The molecule has 0 radical (unpaired) electrons. The van der Waals surface area contributed by atoms with Crippen LogP contribution in [0.25, 0.3) is 0 Å². The van der Waals surface area contributed by atoms with E-state index in [1.807, 2.05) is 30.3 Å². The van der Waals surface area contributed by atoms with Crippen LogP contribution in [0.1, 0.15) is 12.8 Å². The van der Waals surface area contributed by atoms with Gasteiger partial charge in [-0.25, -0.2) is 0 Å². The molecule has 1 heterocycles. The van der Waals surface area contributed by atoms with Crippen LogP contribution in [0.5, 0.6) is 0 Å². The molecular formula is C17H15ClN2O2. The lowest BCUT2D eigenvalue weighted by Crippen LogP contribution is -2.41. The Morgan fingerprint density at radius 2 is 1.77 bits per heavy atom. The molecule has 0 bridgehead atoms. The standard InChI is InChI=1S/C17H15ClN2O2/c18-13-8-4-5-9-14(13)19-17(22)15-10-11-16(21)20(15)12-6-2-1-3-7-12/h1-9,15H,10-11H2,(H,19,22). The van der Waals surface area contributed by atoms with Crippen molar-refractivity contribution in [3.63, 3.8) is 0 Å². The zero-order valence-corrected chi connectivity index (χ0v) is 12.6. The highest BCUT2D eigenvalue weighted by Crippen LogP contribution is 2.28. The van der Waals surface area contributed by atoms with Gasteiger partial charge < -0.3 is 5.32 Å². The van der Waals surface area contributed by atoms with Crippen LogP contribution in [0.4, 0.5) is 11.4 Å². The van der Waals surface area contributed by atoms with Crippen molar-refractivity contribution in [2.45, 2.75) is 18.9 Å². The van der Waals surface area contributed by atoms with E-state index in [9.17, 15) is 9.59 Å². The molecule has 1 saturated heterocycles. The Morgan fingerprint density at radius 3 is 2.50 bits per heavy atom. The van der Waals surface area contributed by atoms with E-state index >= 15 is 0 Å². The SMILES string of the molecule is O=C(Nc1ccccc1Cl)C1CCC(=O)N1c1ccccc1. The molecule has 0 aliphatic carbocycles. The van der Waals surface area contributed by atoms with Gasteiger partial charge in [-0.1, -0.05) is 41.9 Å². The smallest absolute Gasteiger partial charge is 0.247 e. The van der Waals surface area contributed by atoms with Gasteiger partial charge in [0.25, 0.3) is 0 Å². The zero-order valence-electron chi connectivity index (χ0n) is 11.8. The fourth-order valence-corrected chi connectivity index (χ4v) is 2.81. The second kappa shape index (κ2) is 6.20. The maximum absolute atomic E-state index is 12.5. The predicted octanol–water partition coefficient (Wildman–Crippen LogP) is 3.47. The molecule has 1 aliphatic heterocycles. The van der Waals surface area contributed by atoms with Crippen molar-refractivity contribution in [2.24, 2.45) is 0 Å². The van der Waals surface area contributed by atoms with Gasteiger partial charge in [0.1, 0.15) is 6.04 Å². The number of carbonyl (C=O) groups excluding carboxylic acids is 2. The van der Waals surface area contributed by atoms with E-state index in [1.165, 1.54) is 0 Å². The minimum Gasteiger partial charge on any atom is -0.323 e. The van der Waals surface area contributed by atoms with E-state index in [-0.39, 0.29) is 11.8 Å². The molecule has 112 valence electrons. The molecule has 1 atom stereocenters. The van der Waals surface area contributed by atoms with Crippen molar-refractivity contribution in [1.82, 2.24) is 0 Å². The van der Waals surface area contributed by atoms with Gasteiger partial charge in [-0.15, -0.1) is 0 Å². The van der Waals surface area contributed by atoms with Crippen LogP contribution < -0.4 is 10.2 Å². The lowest BCUT2D eigenvalue weighted by molar-refractivity contribution is -0.120. The first-order valence-corrected chi connectivity index (χ1v) is 7.47. The molecule has 1 unspecified atom stereocenters. The van der Waals surface area contributed by atoms with Crippen LogP contribution in [0.2, 0.25) is 5.02 Å². The summed E-state index contributed by atoms with van der Waals surface area (Å²) in [7, 11) is 0. The highest BCUT2D eigenvalue weighted by molar-refractivity contribution is 6.33. The molecule has 2 aromatic carbocycles. The molecule has 2 aromatic rings. The van der Waals surface area contributed by atoms with Gasteiger partial charge in [-0.2, -0.15) is 0 Å². The molecule has 3 rings (SSSR count). The molecule has 5 heteroatoms. The van der Waals surface area contributed by atoms with Crippen LogP contribution in [-0.2, 0) is 9.59 Å². The van der Waals surface area contributed by atoms with Gasteiger partial charge in [0.2, 0.25) is 11.8 Å². The quantitative estimate of drug-likeness (QED) is 0.943. The van der Waals surface area contributed by atoms with Crippen molar-refractivity contribution < 1.29 is 9.59 Å². The summed E-state index contributed by atoms with van der Waals surface area (Å²) in [6, 6.07) is 15.8. The maximum atomic E-state index is 12.5. The van der Waals surface area contributed by atoms with E-state index in [4.69, 9.17) is 11.6 Å². The summed E-state index contributed by atoms with van der Waals surface area (Å²) in [5, 5.41) is 3.29. The Bertz CT molecular complexity index is 703. The van der Waals surface area contributed by atoms with Crippen LogP contribution in [0, 0.1) is 0 Å². The van der Waals surface area contributed by atoms with E-state index in [2.05, 4.69) is 5.32 Å². The number of nitrogens with one attached hydrogen (secondary N) is 1. The zero-order chi connectivity index (χ0) is 15.5. The van der Waals surface area contributed by atoms with Crippen molar-refractivity contribution >= 4 is 34.8 Å². The summed E-state index contributed by atoms with van der Waals surface area (Å²) in [5.74, 6) is -0.256. The summed E-state index contributed by atoms with van der Waals surface area (Å²) in [6.07, 6.45) is 0.875. The van der Waals surface area contributed by atoms with Gasteiger partial charge in [0.05, 0.1) is 10.7 Å². The number of amides is 2. The Hall–Kier alpha value is -2.33. The molecule has 0 aromatic heterocycles. The van der Waals surface area contributed by atoms with Crippen LogP contribution in [0.3, 0.4) is 0 Å². The number of rotatable bonds is 3. The maximum Gasteiger partial charge on any atom is 0.247 e. The molecule has 0 saturated carbocycles. The van der Waals surface area contributed by atoms with Crippen molar-refractivity contribution in [3.05, 3.63) is 59.6 Å². The molecule has 1 N–H and O–H groups in total. The topological polar surface area (TPSA) is 49.4 Å². The third-order valence-electron chi connectivity index (χ3n) is 3.68. The number of para-hydroxylation sites is 2. The van der Waals surface area contributed by atoms with E-state index in [0.29, 0.717) is 23.6 Å². The highest BCUT2D eigenvalue weighted by atomic mass is 35.5. The second-order valence-electron chi connectivity index (χ2n) is 5.12. The van der Waals surface area contributed by atoms with Crippen molar-refractivity contribution in [2.75, 3.05) is 10.2 Å².